The zero-order valence-corrected chi connectivity index (χ0v) is 16.7. The normalized spacial score (nSPS) is 15.0. The SMILES string of the molecule is CN(C)C(=O)CNC(=NCc1ccn(C2CCCC2)n1)NCCc1ccco1. The van der Waals surface area contributed by atoms with Crippen molar-refractivity contribution in [2.75, 3.05) is 27.2 Å². The van der Waals surface area contributed by atoms with Crippen molar-refractivity contribution in [3.05, 3.63) is 42.1 Å². The Bertz CT molecular complexity index is 760. The van der Waals surface area contributed by atoms with E-state index in [0.717, 1.165) is 17.9 Å². The van der Waals surface area contributed by atoms with Gasteiger partial charge in [0.05, 0.1) is 31.1 Å². The highest BCUT2D eigenvalue weighted by Gasteiger charge is 2.17. The average molecular weight is 387 g/mol. The quantitative estimate of drug-likeness (QED) is 0.535. The molecule has 0 bridgehead atoms. The third kappa shape index (κ3) is 5.87. The van der Waals surface area contributed by atoms with Gasteiger partial charge in [-0.2, -0.15) is 5.10 Å². The lowest BCUT2D eigenvalue weighted by molar-refractivity contribution is -0.127. The van der Waals surface area contributed by atoms with Crippen LogP contribution in [0.3, 0.4) is 0 Å². The van der Waals surface area contributed by atoms with Crippen molar-refractivity contribution >= 4 is 11.9 Å². The fourth-order valence-electron chi connectivity index (χ4n) is 3.24. The lowest BCUT2D eigenvalue weighted by Crippen LogP contribution is -2.43. The Labute approximate surface area is 166 Å². The van der Waals surface area contributed by atoms with Gasteiger partial charge in [-0.15, -0.1) is 0 Å². The van der Waals surface area contributed by atoms with E-state index < -0.39 is 0 Å². The number of amides is 1. The van der Waals surface area contributed by atoms with Crippen molar-refractivity contribution < 1.29 is 9.21 Å². The van der Waals surface area contributed by atoms with Crippen LogP contribution < -0.4 is 10.6 Å². The van der Waals surface area contributed by atoms with Crippen LogP contribution in [0.4, 0.5) is 0 Å². The molecule has 0 atom stereocenters. The Morgan fingerprint density at radius 2 is 2.14 bits per heavy atom. The smallest absolute Gasteiger partial charge is 0.241 e. The lowest BCUT2D eigenvalue weighted by Gasteiger charge is -2.14. The van der Waals surface area contributed by atoms with E-state index in [1.165, 1.54) is 25.7 Å². The number of nitrogens with zero attached hydrogens (tertiary/aromatic N) is 4. The molecule has 2 aromatic heterocycles. The van der Waals surface area contributed by atoms with Gasteiger partial charge in [-0.1, -0.05) is 12.8 Å². The summed E-state index contributed by atoms with van der Waals surface area (Å²) in [5.74, 6) is 1.50. The summed E-state index contributed by atoms with van der Waals surface area (Å²) in [5.41, 5.74) is 0.929. The highest BCUT2D eigenvalue weighted by Crippen LogP contribution is 2.28. The summed E-state index contributed by atoms with van der Waals surface area (Å²) >= 11 is 0. The van der Waals surface area contributed by atoms with Crippen LogP contribution in [0.15, 0.2) is 40.1 Å². The Balaban J connectivity index is 1.56. The molecule has 2 heterocycles. The first-order valence-electron chi connectivity index (χ1n) is 9.90. The molecule has 0 unspecified atom stereocenters. The second kappa shape index (κ2) is 9.96. The van der Waals surface area contributed by atoms with Crippen molar-refractivity contribution in [3.63, 3.8) is 0 Å². The molecule has 1 saturated carbocycles. The van der Waals surface area contributed by atoms with Crippen LogP contribution in [-0.4, -0.2) is 53.7 Å². The third-order valence-corrected chi connectivity index (χ3v) is 4.91. The van der Waals surface area contributed by atoms with Crippen LogP contribution in [0.25, 0.3) is 0 Å². The van der Waals surface area contributed by atoms with Crippen molar-refractivity contribution in [3.8, 4) is 0 Å². The van der Waals surface area contributed by atoms with E-state index in [0.29, 0.717) is 25.1 Å². The number of guanidine groups is 1. The molecule has 28 heavy (non-hydrogen) atoms. The zero-order chi connectivity index (χ0) is 19.8. The Hall–Kier alpha value is -2.77. The average Bonchev–Trinajstić information content (AvgIpc) is 3.45. The molecule has 152 valence electrons. The number of carbonyl (C=O) groups is 1. The van der Waals surface area contributed by atoms with Crippen LogP contribution >= 0.6 is 0 Å². The first-order valence-corrected chi connectivity index (χ1v) is 9.90. The van der Waals surface area contributed by atoms with E-state index in [-0.39, 0.29) is 12.5 Å². The summed E-state index contributed by atoms with van der Waals surface area (Å²) < 4.78 is 7.43. The van der Waals surface area contributed by atoms with Crippen molar-refractivity contribution in [1.29, 1.82) is 0 Å². The van der Waals surface area contributed by atoms with Crippen molar-refractivity contribution in [1.82, 2.24) is 25.3 Å². The fraction of sp³-hybridized carbons (Fsp3) is 0.550. The summed E-state index contributed by atoms with van der Waals surface area (Å²) in [4.78, 5) is 18.0. The summed E-state index contributed by atoms with van der Waals surface area (Å²) in [6, 6.07) is 6.36. The summed E-state index contributed by atoms with van der Waals surface area (Å²) in [5, 5.41) is 11.0. The molecule has 2 aromatic rings. The van der Waals surface area contributed by atoms with E-state index in [1.54, 1.807) is 25.3 Å². The lowest BCUT2D eigenvalue weighted by atomic mass is 10.3. The number of likely N-dealkylation sites (N-methyl/N-ethyl adjacent to an activating group) is 1. The van der Waals surface area contributed by atoms with Crippen LogP contribution in [0, 0.1) is 0 Å². The monoisotopic (exact) mass is 386 g/mol. The summed E-state index contributed by atoms with van der Waals surface area (Å²) in [6.07, 6.45) is 9.44. The van der Waals surface area contributed by atoms with Gasteiger partial charge in [-0.25, -0.2) is 4.99 Å². The number of rotatable bonds is 8. The highest BCUT2D eigenvalue weighted by molar-refractivity contribution is 5.86. The molecule has 0 spiro atoms. The molecule has 1 fully saturated rings. The molecule has 0 saturated heterocycles. The number of aromatic nitrogens is 2. The maximum Gasteiger partial charge on any atom is 0.241 e. The maximum atomic E-state index is 11.9. The summed E-state index contributed by atoms with van der Waals surface area (Å²) in [6.45, 7) is 1.31. The molecule has 3 rings (SSSR count). The predicted octanol–water partition coefficient (Wildman–Crippen LogP) is 1.96. The van der Waals surface area contributed by atoms with E-state index in [1.807, 2.05) is 24.4 Å². The van der Waals surface area contributed by atoms with Crippen LogP contribution in [0.5, 0.6) is 0 Å². The van der Waals surface area contributed by atoms with Crippen LogP contribution in [-0.2, 0) is 17.8 Å². The van der Waals surface area contributed by atoms with Gasteiger partial charge >= 0.3 is 0 Å². The minimum atomic E-state index is -0.00829. The molecule has 2 N–H and O–H groups in total. The largest absolute Gasteiger partial charge is 0.469 e. The topological polar surface area (TPSA) is 87.7 Å². The zero-order valence-electron chi connectivity index (χ0n) is 16.7. The van der Waals surface area contributed by atoms with Gasteiger partial charge in [0, 0.05) is 33.3 Å². The number of hydrogen-bond donors (Lipinski definition) is 2. The molecule has 0 aromatic carbocycles. The molecular weight excluding hydrogens is 356 g/mol. The predicted molar refractivity (Wildman–Crippen MR) is 108 cm³/mol. The number of hydrogen-bond acceptors (Lipinski definition) is 4. The van der Waals surface area contributed by atoms with E-state index >= 15 is 0 Å². The Morgan fingerprint density at radius 1 is 1.32 bits per heavy atom. The third-order valence-electron chi connectivity index (χ3n) is 4.91. The van der Waals surface area contributed by atoms with Gasteiger partial charge in [0.15, 0.2) is 5.96 Å². The van der Waals surface area contributed by atoms with E-state index in [2.05, 4.69) is 25.4 Å². The van der Waals surface area contributed by atoms with Gasteiger partial charge in [0.2, 0.25) is 5.91 Å². The Morgan fingerprint density at radius 3 is 2.86 bits per heavy atom. The minimum Gasteiger partial charge on any atom is -0.469 e. The molecule has 1 aliphatic rings. The number of aliphatic imine (C=N–C) groups is 1. The van der Waals surface area contributed by atoms with Crippen molar-refractivity contribution in [2.45, 2.75) is 44.7 Å². The van der Waals surface area contributed by atoms with Gasteiger partial charge < -0.3 is 20.0 Å². The van der Waals surface area contributed by atoms with E-state index in [9.17, 15) is 4.79 Å². The summed E-state index contributed by atoms with van der Waals surface area (Å²) in [7, 11) is 3.47. The molecule has 8 heteroatoms. The second-order valence-corrected chi connectivity index (χ2v) is 7.29. The Kier molecular flexibility index (Phi) is 7.11. The minimum absolute atomic E-state index is 0.00829. The highest BCUT2D eigenvalue weighted by atomic mass is 16.3. The van der Waals surface area contributed by atoms with Gasteiger partial charge in [0.25, 0.3) is 0 Å². The first-order chi connectivity index (χ1) is 13.6. The second-order valence-electron chi connectivity index (χ2n) is 7.29. The number of carbonyl (C=O) groups excluding carboxylic acids is 1. The molecule has 1 aliphatic carbocycles. The molecule has 0 radical (unpaired) electrons. The standard InChI is InChI=1S/C20H30N6O2/c1-25(2)19(27)15-23-20(21-11-9-18-8-5-13-28-18)22-14-16-10-12-26(24-16)17-6-3-4-7-17/h5,8,10,12-13,17H,3-4,6-7,9,11,14-15H2,1-2H3,(H2,21,22,23). The van der Waals surface area contributed by atoms with Crippen LogP contribution in [0.2, 0.25) is 0 Å². The van der Waals surface area contributed by atoms with Gasteiger partial charge in [-0.05, 0) is 31.0 Å². The van der Waals surface area contributed by atoms with Gasteiger partial charge in [-0.3, -0.25) is 9.48 Å². The van der Waals surface area contributed by atoms with Gasteiger partial charge in [0.1, 0.15) is 5.76 Å². The number of nitrogens with one attached hydrogen (secondary N) is 2. The van der Waals surface area contributed by atoms with E-state index in [4.69, 9.17) is 4.42 Å². The molecule has 0 aliphatic heterocycles. The molecule has 8 nitrogen and oxygen atoms in total. The molecule has 1 amide bonds. The van der Waals surface area contributed by atoms with Crippen molar-refractivity contribution in [2.24, 2.45) is 4.99 Å². The van der Waals surface area contributed by atoms with Crippen LogP contribution in [0.1, 0.15) is 43.2 Å². The maximum absolute atomic E-state index is 11.9. The molecular formula is C20H30N6O2. The fourth-order valence-corrected chi connectivity index (χ4v) is 3.24. The first kappa shape index (κ1) is 20.0. The number of furan rings is 1.